The quantitative estimate of drug-likeness (QED) is 0.629. The van der Waals surface area contributed by atoms with E-state index in [1.54, 1.807) is 12.1 Å². The fourth-order valence-corrected chi connectivity index (χ4v) is 3.02. The summed E-state index contributed by atoms with van der Waals surface area (Å²) in [4.78, 5) is 0.522. The predicted molar refractivity (Wildman–Crippen MR) is 76.2 cm³/mol. The third-order valence-electron chi connectivity index (χ3n) is 2.65. The van der Waals surface area contributed by atoms with Crippen molar-refractivity contribution in [1.82, 2.24) is 0 Å². The molecule has 4 N–H and O–H groups in total. The van der Waals surface area contributed by atoms with E-state index in [4.69, 9.17) is 15.2 Å². The van der Waals surface area contributed by atoms with Gasteiger partial charge in [-0.2, -0.15) is 0 Å². The second-order valence-corrected chi connectivity index (χ2v) is 5.96. The highest BCUT2D eigenvalue weighted by atomic mass is 32.2. The van der Waals surface area contributed by atoms with Crippen molar-refractivity contribution in [1.29, 1.82) is 0 Å². The molecule has 1 unspecified atom stereocenters. The van der Waals surface area contributed by atoms with Crippen molar-refractivity contribution in [3.05, 3.63) is 17.7 Å². The van der Waals surface area contributed by atoms with E-state index in [1.807, 2.05) is 6.92 Å². The van der Waals surface area contributed by atoms with Crippen LogP contribution in [0.25, 0.3) is 0 Å². The maximum absolute atomic E-state index is 12.1. The molecule has 0 aliphatic carbocycles. The Labute approximate surface area is 121 Å². The van der Waals surface area contributed by atoms with Crippen LogP contribution in [0.15, 0.2) is 17.0 Å². The van der Waals surface area contributed by atoms with E-state index in [1.165, 1.54) is 14.2 Å². The molecule has 1 atom stereocenters. The average molecular weight is 303 g/mol. The molecule has 0 saturated heterocycles. The Morgan fingerprint density at radius 3 is 2.30 bits per heavy atom. The second-order valence-electron chi connectivity index (χ2n) is 4.42. The van der Waals surface area contributed by atoms with Gasteiger partial charge in [-0.1, -0.05) is 6.92 Å². The summed E-state index contributed by atoms with van der Waals surface area (Å²) >= 11 is 0. The van der Waals surface area contributed by atoms with Gasteiger partial charge in [0.1, 0.15) is 11.5 Å². The van der Waals surface area contributed by atoms with Gasteiger partial charge < -0.3 is 19.7 Å². The zero-order valence-corrected chi connectivity index (χ0v) is 12.7. The van der Waals surface area contributed by atoms with Crippen molar-refractivity contribution < 1.29 is 23.9 Å². The molecule has 0 heterocycles. The lowest BCUT2D eigenvalue weighted by Gasteiger charge is -2.19. The summed E-state index contributed by atoms with van der Waals surface area (Å²) in [5.41, 5.74) is 5.65. The van der Waals surface area contributed by atoms with Crippen molar-refractivity contribution in [2.45, 2.75) is 30.6 Å². The molecule has 20 heavy (non-hydrogen) atoms. The fourth-order valence-electron chi connectivity index (χ4n) is 1.82. The van der Waals surface area contributed by atoms with Crippen molar-refractivity contribution in [3.8, 4) is 11.5 Å². The summed E-state index contributed by atoms with van der Waals surface area (Å²) in [6.45, 7) is 1.94. The molecule has 0 fully saturated rings. The Balaban J connectivity index is 3.26. The third-order valence-corrected chi connectivity index (χ3v) is 4.24. The first-order chi connectivity index (χ1) is 9.32. The van der Waals surface area contributed by atoms with Crippen molar-refractivity contribution in [2.75, 3.05) is 20.0 Å². The van der Waals surface area contributed by atoms with E-state index >= 15 is 0 Å². The van der Waals surface area contributed by atoms with Gasteiger partial charge in [-0.25, -0.2) is 0 Å². The number of nitrogens with two attached hydrogens (primary N) is 1. The molecule has 1 aromatic rings. The smallest absolute Gasteiger partial charge is 0.224 e. The molecule has 0 aliphatic rings. The van der Waals surface area contributed by atoms with Gasteiger partial charge in [0.2, 0.25) is 5.91 Å². The predicted octanol–water partition coefficient (Wildman–Crippen LogP) is 0.361. The Morgan fingerprint density at radius 2 is 1.85 bits per heavy atom. The second kappa shape index (κ2) is 7.03. The van der Waals surface area contributed by atoms with Crippen LogP contribution in [0.1, 0.15) is 18.9 Å². The monoisotopic (exact) mass is 303 g/mol. The van der Waals surface area contributed by atoms with Crippen LogP contribution in [0, 0.1) is 0 Å². The molecule has 6 nitrogen and oxygen atoms in total. The molecule has 0 saturated carbocycles. The number of ether oxygens (including phenoxy) is 2. The minimum Gasteiger partial charge on any atom is -0.496 e. The van der Waals surface area contributed by atoms with E-state index < -0.39 is 16.7 Å². The van der Waals surface area contributed by atoms with E-state index in [2.05, 4.69) is 0 Å². The van der Waals surface area contributed by atoms with Crippen LogP contribution in [0.3, 0.4) is 0 Å². The van der Waals surface area contributed by atoms with Gasteiger partial charge in [0, 0.05) is 23.8 Å². The third kappa shape index (κ3) is 4.45. The number of benzene rings is 1. The molecule has 0 amide bonds. The van der Waals surface area contributed by atoms with Gasteiger partial charge in [0.25, 0.3) is 0 Å². The number of rotatable bonds is 7. The molecule has 0 bridgehead atoms. The maximum atomic E-state index is 12.1. The van der Waals surface area contributed by atoms with Crippen LogP contribution in [0.4, 0.5) is 0 Å². The van der Waals surface area contributed by atoms with Crippen LogP contribution >= 0.6 is 0 Å². The van der Waals surface area contributed by atoms with Crippen LogP contribution < -0.4 is 15.2 Å². The standard InChI is InChI=1S/C13H21NO5S/c1-4-5-20(17)12-7-10(18-2)9(6-11(12)19-3)8-13(14,15)16/h6-7,15-16H,4-5,8,14H2,1-3H3. The first-order valence-corrected chi connectivity index (χ1v) is 7.51. The van der Waals surface area contributed by atoms with E-state index in [9.17, 15) is 14.4 Å². The van der Waals surface area contributed by atoms with Gasteiger partial charge >= 0.3 is 0 Å². The molecule has 0 aromatic heterocycles. The molecule has 114 valence electrons. The van der Waals surface area contributed by atoms with Crippen LogP contribution in [0.2, 0.25) is 0 Å². The maximum Gasteiger partial charge on any atom is 0.224 e. The number of methoxy groups -OCH3 is 2. The minimum absolute atomic E-state index is 0.229. The lowest BCUT2D eigenvalue weighted by atomic mass is 10.1. The van der Waals surface area contributed by atoms with Crippen LogP contribution in [0.5, 0.6) is 11.5 Å². The van der Waals surface area contributed by atoms with Gasteiger partial charge in [-0.15, -0.1) is 0 Å². The summed E-state index contributed by atoms with van der Waals surface area (Å²) in [6.07, 6.45) is 0.548. The highest BCUT2D eigenvalue weighted by molar-refractivity contribution is 7.85. The molecule has 1 rings (SSSR count). The molecular weight excluding hydrogens is 282 g/mol. The molecule has 0 radical (unpaired) electrons. The first kappa shape index (κ1) is 16.9. The summed E-state index contributed by atoms with van der Waals surface area (Å²) in [5.74, 6) is -1.03. The van der Waals surface area contributed by atoms with Gasteiger partial charge in [0.05, 0.1) is 29.9 Å². The lowest BCUT2D eigenvalue weighted by Crippen LogP contribution is -2.41. The number of hydrogen-bond donors (Lipinski definition) is 3. The summed E-state index contributed by atoms with van der Waals surface area (Å²) in [7, 11) is 1.71. The Morgan fingerprint density at radius 1 is 1.25 bits per heavy atom. The normalized spacial score (nSPS) is 13.1. The van der Waals surface area contributed by atoms with Gasteiger partial charge in [-0.3, -0.25) is 9.94 Å². The summed E-state index contributed by atoms with van der Waals surface area (Å²) in [6, 6.07) is 3.15. The molecule has 1 aromatic carbocycles. The molecule has 7 heteroatoms. The Hall–Kier alpha value is -1.15. The largest absolute Gasteiger partial charge is 0.496 e. The Bertz CT molecular complexity index is 484. The lowest BCUT2D eigenvalue weighted by molar-refractivity contribution is -0.153. The average Bonchev–Trinajstić information content (AvgIpc) is 2.36. The SMILES string of the molecule is CCCS(=O)c1cc(OC)c(CC(N)(O)O)cc1OC. The van der Waals surface area contributed by atoms with Gasteiger partial charge in [0.15, 0.2) is 0 Å². The number of hydrogen-bond acceptors (Lipinski definition) is 6. The summed E-state index contributed by atoms with van der Waals surface area (Å²) in [5, 5.41) is 18.6. The Kier molecular flexibility index (Phi) is 5.94. The zero-order chi connectivity index (χ0) is 15.3. The fraction of sp³-hybridized carbons (Fsp3) is 0.538. The zero-order valence-electron chi connectivity index (χ0n) is 11.9. The van der Waals surface area contributed by atoms with Gasteiger partial charge in [-0.05, 0) is 12.5 Å². The minimum atomic E-state index is -2.34. The summed E-state index contributed by atoms with van der Waals surface area (Å²) < 4.78 is 22.5. The molecule has 0 aliphatic heterocycles. The van der Waals surface area contributed by atoms with Crippen molar-refractivity contribution in [2.24, 2.45) is 5.73 Å². The van der Waals surface area contributed by atoms with E-state index in [0.29, 0.717) is 27.7 Å². The molecule has 0 spiro atoms. The highest BCUT2D eigenvalue weighted by Crippen LogP contribution is 2.32. The van der Waals surface area contributed by atoms with E-state index in [-0.39, 0.29) is 6.42 Å². The topological polar surface area (TPSA) is 102 Å². The number of aliphatic hydroxyl groups is 2. The first-order valence-electron chi connectivity index (χ1n) is 6.19. The van der Waals surface area contributed by atoms with Crippen molar-refractivity contribution in [3.63, 3.8) is 0 Å². The van der Waals surface area contributed by atoms with Crippen LogP contribution in [-0.4, -0.2) is 40.3 Å². The van der Waals surface area contributed by atoms with E-state index in [0.717, 1.165) is 6.42 Å². The highest BCUT2D eigenvalue weighted by Gasteiger charge is 2.22. The van der Waals surface area contributed by atoms with Crippen LogP contribution in [-0.2, 0) is 17.2 Å². The molecular formula is C13H21NO5S. The van der Waals surface area contributed by atoms with Crippen molar-refractivity contribution >= 4 is 10.8 Å².